The lowest BCUT2D eigenvalue weighted by atomic mass is 10.3. The zero-order chi connectivity index (χ0) is 12.3. The van der Waals surface area contributed by atoms with E-state index < -0.39 is 0 Å². The molecular weight excluding hydrogens is 242 g/mol. The summed E-state index contributed by atoms with van der Waals surface area (Å²) in [4.78, 5) is 24.1. The molecule has 2 heterocycles. The topological polar surface area (TPSA) is 70.7 Å². The molecule has 1 aromatic heterocycles. The molecule has 1 aliphatic heterocycles. The molecule has 0 spiro atoms. The molecule has 7 heteroatoms. The number of carbonyl (C=O) groups excluding carboxylic acids is 2. The van der Waals surface area contributed by atoms with Gasteiger partial charge in [0.05, 0.1) is 13.1 Å². The van der Waals surface area contributed by atoms with Crippen LogP contribution in [-0.4, -0.2) is 38.4 Å². The highest BCUT2D eigenvalue weighted by Gasteiger charge is 2.32. The van der Waals surface area contributed by atoms with Crippen molar-refractivity contribution >= 4 is 28.5 Å². The van der Waals surface area contributed by atoms with Gasteiger partial charge in [-0.15, -0.1) is 11.3 Å². The Bertz CT molecular complexity index is 407. The van der Waals surface area contributed by atoms with E-state index in [0.29, 0.717) is 13.1 Å². The van der Waals surface area contributed by atoms with Gasteiger partial charge < -0.3 is 15.4 Å². The predicted octanol–water partition coefficient (Wildman–Crippen LogP) is 1.00. The van der Waals surface area contributed by atoms with Crippen LogP contribution >= 0.6 is 11.3 Å². The molecule has 0 saturated carbocycles. The molecule has 3 amide bonds. The quantitative estimate of drug-likeness (QED) is 0.846. The van der Waals surface area contributed by atoms with E-state index in [1.165, 1.54) is 18.4 Å². The van der Waals surface area contributed by atoms with E-state index >= 15 is 0 Å². The smallest absolute Gasteiger partial charge is 0.415 e. The summed E-state index contributed by atoms with van der Waals surface area (Å²) < 4.78 is 5.14. The molecule has 6 nitrogen and oxygen atoms in total. The predicted molar refractivity (Wildman–Crippen MR) is 64.4 cm³/mol. The molecule has 2 N–H and O–H groups in total. The molecule has 1 aliphatic rings. The summed E-state index contributed by atoms with van der Waals surface area (Å²) in [6.45, 7) is 0.774. The summed E-state index contributed by atoms with van der Waals surface area (Å²) >= 11 is 1.48. The first-order valence-corrected chi connectivity index (χ1v) is 6.06. The third-order valence-corrected chi connectivity index (χ3v) is 3.25. The van der Waals surface area contributed by atoms with E-state index in [1.54, 1.807) is 4.90 Å². The van der Waals surface area contributed by atoms with Crippen LogP contribution in [0.3, 0.4) is 0 Å². The Morgan fingerprint density at radius 1 is 1.71 bits per heavy atom. The van der Waals surface area contributed by atoms with E-state index in [1.807, 2.05) is 17.5 Å². The molecule has 0 aliphatic carbocycles. The van der Waals surface area contributed by atoms with E-state index in [2.05, 4.69) is 10.6 Å². The maximum atomic E-state index is 11.6. The summed E-state index contributed by atoms with van der Waals surface area (Å²) in [5, 5.41) is 7.81. The van der Waals surface area contributed by atoms with Gasteiger partial charge in [-0.1, -0.05) is 0 Å². The lowest BCUT2D eigenvalue weighted by Gasteiger charge is -2.10. The summed E-state index contributed by atoms with van der Waals surface area (Å²) in [6.07, 6.45) is -0.668. The minimum atomic E-state index is -0.365. The molecule has 1 aromatic rings. The number of anilines is 1. The number of nitrogens with zero attached hydrogens (tertiary/aromatic N) is 1. The first-order valence-electron chi connectivity index (χ1n) is 5.18. The third-order valence-electron chi connectivity index (χ3n) is 2.36. The fourth-order valence-electron chi connectivity index (χ4n) is 1.53. The third kappa shape index (κ3) is 2.68. The number of hydrogen-bond donors (Lipinski definition) is 2. The second-order valence-electron chi connectivity index (χ2n) is 3.53. The average Bonchev–Trinajstić information content (AvgIpc) is 2.94. The zero-order valence-corrected chi connectivity index (χ0v) is 10.1. The van der Waals surface area contributed by atoms with Gasteiger partial charge in [-0.05, 0) is 17.5 Å². The molecule has 0 aromatic carbocycles. The highest BCUT2D eigenvalue weighted by Crippen LogP contribution is 2.25. The monoisotopic (exact) mass is 255 g/mol. The van der Waals surface area contributed by atoms with Crippen LogP contribution in [0, 0.1) is 0 Å². The Morgan fingerprint density at radius 2 is 2.53 bits per heavy atom. The summed E-state index contributed by atoms with van der Waals surface area (Å²) in [5.41, 5.74) is 0. The number of ether oxygens (including phenoxy) is 1. The van der Waals surface area contributed by atoms with E-state index in [4.69, 9.17) is 4.74 Å². The number of thiophene rings is 1. The number of cyclic esters (lactones) is 1. The Kier molecular flexibility index (Phi) is 3.48. The molecule has 1 saturated heterocycles. The van der Waals surface area contributed by atoms with Crippen molar-refractivity contribution in [3.63, 3.8) is 0 Å². The normalized spacial score (nSPS) is 19.0. The molecule has 17 heavy (non-hydrogen) atoms. The molecule has 1 unspecified atom stereocenters. The number of carbonyl (C=O) groups is 2. The second-order valence-corrected chi connectivity index (χ2v) is 4.45. The van der Waals surface area contributed by atoms with Crippen molar-refractivity contribution in [3.8, 4) is 0 Å². The number of rotatable bonds is 3. The number of urea groups is 1. The van der Waals surface area contributed by atoms with Crippen molar-refractivity contribution in [1.29, 1.82) is 0 Å². The first kappa shape index (κ1) is 11.7. The van der Waals surface area contributed by atoms with Crippen LogP contribution in [0.1, 0.15) is 0 Å². The molecule has 92 valence electrons. The maximum absolute atomic E-state index is 11.6. The van der Waals surface area contributed by atoms with E-state index in [9.17, 15) is 9.59 Å². The highest BCUT2D eigenvalue weighted by molar-refractivity contribution is 7.14. The van der Waals surface area contributed by atoms with Crippen molar-refractivity contribution in [2.45, 2.75) is 6.10 Å². The van der Waals surface area contributed by atoms with Crippen LogP contribution in [0.4, 0.5) is 14.6 Å². The van der Waals surface area contributed by atoms with Gasteiger partial charge in [-0.2, -0.15) is 0 Å². The lowest BCUT2D eigenvalue weighted by molar-refractivity contribution is 0.140. The molecule has 2 rings (SSSR count). The van der Waals surface area contributed by atoms with Crippen LogP contribution in [-0.2, 0) is 4.74 Å². The van der Waals surface area contributed by atoms with Gasteiger partial charge in [-0.25, -0.2) is 9.59 Å². The summed E-state index contributed by atoms with van der Waals surface area (Å²) in [5.74, 6) is 0. The van der Waals surface area contributed by atoms with Gasteiger partial charge in [0.25, 0.3) is 0 Å². The number of nitrogens with one attached hydrogen (secondary N) is 2. The first-order chi connectivity index (χ1) is 8.20. The lowest BCUT2D eigenvalue weighted by Crippen LogP contribution is -2.39. The molecule has 1 atom stereocenters. The Labute approximate surface area is 103 Å². The van der Waals surface area contributed by atoms with Crippen LogP contribution in [0.25, 0.3) is 0 Å². The van der Waals surface area contributed by atoms with Gasteiger partial charge >= 0.3 is 12.1 Å². The van der Waals surface area contributed by atoms with Gasteiger partial charge in [0.1, 0.15) is 11.1 Å². The Balaban J connectivity index is 1.89. The fraction of sp³-hybridized carbons (Fsp3) is 0.400. The minimum Gasteiger partial charge on any atom is -0.442 e. The Hall–Kier alpha value is -1.76. The number of amides is 3. The summed E-state index contributed by atoms with van der Waals surface area (Å²) in [6, 6.07) is 3.46. The van der Waals surface area contributed by atoms with Crippen molar-refractivity contribution in [2.24, 2.45) is 0 Å². The molecule has 1 fully saturated rings. The zero-order valence-electron chi connectivity index (χ0n) is 9.30. The van der Waals surface area contributed by atoms with Crippen LogP contribution in [0.15, 0.2) is 17.5 Å². The SMILES string of the molecule is CNC(=O)NCC1CN(c2cccs2)C(=O)O1. The van der Waals surface area contributed by atoms with E-state index in [-0.39, 0.29) is 18.2 Å². The maximum Gasteiger partial charge on any atom is 0.415 e. The summed E-state index contributed by atoms with van der Waals surface area (Å²) in [7, 11) is 1.54. The molecule has 0 radical (unpaired) electrons. The minimum absolute atomic E-state index is 0.282. The highest BCUT2D eigenvalue weighted by atomic mass is 32.1. The van der Waals surface area contributed by atoms with Crippen molar-refractivity contribution < 1.29 is 14.3 Å². The van der Waals surface area contributed by atoms with E-state index in [0.717, 1.165) is 5.00 Å². The molecular formula is C10H13N3O3S. The van der Waals surface area contributed by atoms with Gasteiger partial charge in [0, 0.05) is 7.05 Å². The second kappa shape index (κ2) is 5.05. The largest absolute Gasteiger partial charge is 0.442 e. The van der Waals surface area contributed by atoms with Crippen molar-refractivity contribution in [2.75, 3.05) is 25.0 Å². The van der Waals surface area contributed by atoms with Crippen molar-refractivity contribution in [3.05, 3.63) is 17.5 Å². The van der Waals surface area contributed by atoms with Crippen LogP contribution in [0.5, 0.6) is 0 Å². The average molecular weight is 255 g/mol. The van der Waals surface area contributed by atoms with Crippen LogP contribution in [0.2, 0.25) is 0 Å². The number of hydrogen-bond acceptors (Lipinski definition) is 4. The fourth-order valence-corrected chi connectivity index (χ4v) is 2.26. The van der Waals surface area contributed by atoms with Gasteiger partial charge in [0.15, 0.2) is 0 Å². The van der Waals surface area contributed by atoms with Gasteiger partial charge in [-0.3, -0.25) is 4.90 Å². The van der Waals surface area contributed by atoms with Gasteiger partial charge in [0.2, 0.25) is 0 Å². The molecule has 0 bridgehead atoms. The van der Waals surface area contributed by atoms with Crippen LogP contribution < -0.4 is 15.5 Å². The van der Waals surface area contributed by atoms with Crippen molar-refractivity contribution in [1.82, 2.24) is 10.6 Å². The Morgan fingerprint density at radius 3 is 3.18 bits per heavy atom. The standard InChI is InChI=1S/C10H13N3O3S/c1-11-9(14)12-5-7-6-13(10(15)16-7)8-3-2-4-17-8/h2-4,7H,5-6H2,1H3,(H2,11,12,14).